The van der Waals surface area contributed by atoms with Gasteiger partial charge in [0.2, 0.25) is 0 Å². The molecule has 0 saturated carbocycles. The minimum Gasteiger partial charge on any atom is -0.744 e. The second-order valence-electron chi connectivity index (χ2n) is 8.57. The van der Waals surface area contributed by atoms with Crippen molar-refractivity contribution < 1.29 is 43.7 Å². The smallest absolute Gasteiger partial charge is 0.407 e. The van der Waals surface area contributed by atoms with Gasteiger partial charge in [-0.1, -0.05) is 51.8 Å². The number of rotatable bonds is 6. The second-order valence-corrected chi connectivity index (χ2v) is 13.8. The minimum absolute atomic E-state index is 0.178. The number of halogens is 2. The number of hydrogen-bond acceptors (Lipinski definition) is 5. The molecule has 188 valence electrons. The van der Waals surface area contributed by atoms with Crippen molar-refractivity contribution in [2.75, 3.05) is 6.54 Å². The summed E-state index contributed by atoms with van der Waals surface area (Å²) in [5.74, 6) is 0. The van der Waals surface area contributed by atoms with Gasteiger partial charge < -0.3 is 14.6 Å². The summed E-state index contributed by atoms with van der Waals surface area (Å²) in [6, 6.07) is 22.8. The molecule has 0 atom stereocenters. The number of carbonyl (C=O) groups excluding carboxylic acids is 1. The van der Waals surface area contributed by atoms with Gasteiger partial charge >= 0.3 is 27.3 Å². The van der Waals surface area contributed by atoms with Gasteiger partial charge in [-0.15, -0.1) is 0 Å². The van der Waals surface area contributed by atoms with E-state index in [-0.39, 0.29) is 32.2 Å². The summed E-state index contributed by atoms with van der Waals surface area (Å²) in [6.07, 6.45) is 0.452. The molecule has 9 heteroatoms. The van der Waals surface area contributed by atoms with Crippen LogP contribution >= 0.6 is 15.9 Å². The van der Waals surface area contributed by atoms with Crippen molar-refractivity contribution in [3.8, 4) is 0 Å². The van der Waals surface area contributed by atoms with E-state index in [0.29, 0.717) is 6.54 Å². The molecule has 0 radical (unpaired) electrons. The monoisotopic (exact) mass is 673 g/mol. The molecule has 6 nitrogen and oxygen atoms in total. The zero-order valence-electron chi connectivity index (χ0n) is 20.0. The van der Waals surface area contributed by atoms with Gasteiger partial charge in [0.1, 0.15) is 15.7 Å². The predicted octanol–water partition coefficient (Wildman–Crippen LogP) is 2.54. The maximum atomic E-state index is 11.7. The van der Waals surface area contributed by atoms with Crippen LogP contribution in [-0.2, 0) is 21.3 Å². The molecule has 0 heterocycles. The van der Waals surface area contributed by atoms with Gasteiger partial charge in [0.05, 0.1) is 4.90 Å². The lowest BCUT2D eigenvalue weighted by molar-refractivity contribution is -0.598. The van der Waals surface area contributed by atoms with E-state index in [1.165, 1.54) is 24.8 Å². The van der Waals surface area contributed by atoms with E-state index in [2.05, 4.69) is 69.8 Å². The summed E-state index contributed by atoms with van der Waals surface area (Å²) in [5.41, 5.74) is 1.76. The van der Waals surface area contributed by atoms with E-state index in [0.717, 1.165) is 16.5 Å². The van der Waals surface area contributed by atoms with Crippen molar-refractivity contribution in [1.82, 2.24) is 5.32 Å². The largest absolute Gasteiger partial charge is 0.744 e. The van der Waals surface area contributed by atoms with E-state index >= 15 is 0 Å². The molecule has 0 aromatic heterocycles. The van der Waals surface area contributed by atoms with Crippen molar-refractivity contribution in [1.29, 1.82) is 0 Å². The van der Waals surface area contributed by atoms with Crippen LogP contribution in [0.15, 0.2) is 82.2 Å². The maximum absolute atomic E-state index is 11.7. The van der Waals surface area contributed by atoms with Crippen molar-refractivity contribution in [3.63, 3.8) is 0 Å². The third-order valence-corrected chi connectivity index (χ3v) is 8.70. The van der Waals surface area contributed by atoms with Crippen molar-refractivity contribution >= 4 is 32.1 Å². The Morgan fingerprint density at radius 3 is 2.17 bits per heavy atom. The first-order valence-corrected chi connectivity index (χ1v) is 15.2. The fourth-order valence-corrected chi connectivity index (χ4v) is 6.03. The highest BCUT2D eigenvalue weighted by Gasteiger charge is 2.20. The van der Waals surface area contributed by atoms with Crippen LogP contribution in [0.4, 0.5) is 4.79 Å². The summed E-state index contributed by atoms with van der Waals surface area (Å²) in [7, 11) is -4.27. The van der Waals surface area contributed by atoms with Crippen LogP contribution in [0, 0.1) is 14.1 Å². The fourth-order valence-electron chi connectivity index (χ4n) is 2.72. The molecule has 0 spiro atoms. The van der Waals surface area contributed by atoms with Crippen LogP contribution in [0.3, 0.4) is 0 Å². The third-order valence-electron chi connectivity index (χ3n) is 4.34. The number of benzene rings is 3. The van der Waals surface area contributed by atoms with E-state index in [4.69, 9.17) is 4.74 Å². The Kier molecular flexibility index (Phi) is 11.2. The third kappa shape index (κ3) is 11.6. The van der Waals surface area contributed by atoms with Crippen LogP contribution in [0.2, 0.25) is 0 Å². The van der Waals surface area contributed by atoms with Crippen LogP contribution < -0.4 is 26.5 Å². The molecular formula is C26H29BrINO5S. The van der Waals surface area contributed by atoms with Gasteiger partial charge in [0.25, 0.3) is 0 Å². The number of alkyl carbamates (subject to hydrolysis) is 1. The van der Waals surface area contributed by atoms with Crippen molar-refractivity contribution in [2.24, 2.45) is 0 Å². The lowest BCUT2D eigenvalue weighted by atomic mass is 10.1. The predicted molar refractivity (Wildman–Crippen MR) is 135 cm³/mol. The summed E-state index contributed by atoms with van der Waals surface area (Å²) in [4.78, 5) is 11.5. The zero-order valence-corrected chi connectivity index (χ0v) is 24.6. The SMILES string of the molecule is CC(C)(C)OC(=O)NCCc1ccccc1[I+]c1ccc(Br)cc1.Cc1ccc(S(=O)(=O)[O-])cc1. The molecule has 0 unspecified atom stereocenters. The van der Waals surface area contributed by atoms with E-state index < -0.39 is 15.7 Å². The quantitative estimate of drug-likeness (QED) is 0.321. The molecule has 0 saturated heterocycles. The first kappa shape index (κ1) is 29.3. The minimum atomic E-state index is -4.27. The zero-order chi connectivity index (χ0) is 26.1. The Labute approximate surface area is 226 Å². The Morgan fingerprint density at radius 1 is 1.00 bits per heavy atom. The molecule has 0 aliphatic carbocycles. The van der Waals surface area contributed by atoms with Gasteiger partial charge in [-0.2, -0.15) is 0 Å². The molecule has 35 heavy (non-hydrogen) atoms. The molecular weight excluding hydrogens is 645 g/mol. The Hall–Kier alpha value is -1.95. The van der Waals surface area contributed by atoms with E-state index in [1.807, 2.05) is 27.7 Å². The Bertz CT molecular complexity index is 1210. The van der Waals surface area contributed by atoms with Crippen LogP contribution in [0.5, 0.6) is 0 Å². The highest BCUT2D eigenvalue weighted by atomic mass is 127. The maximum Gasteiger partial charge on any atom is 0.407 e. The molecule has 3 rings (SSSR count). The summed E-state index contributed by atoms with van der Waals surface area (Å²) < 4.78 is 40.3. The highest BCUT2D eigenvalue weighted by molar-refractivity contribution is 9.10. The van der Waals surface area contributed by atoms with Crippen molar-refractivity contribution in [2.45, 2.75) is 44.6 Å². The summed E-state index contributed by atoms with van der Waals surface area (Å²) in [5, 5.41) is 2.83. The highest BCUT2D eigenvalue weighted by Crippen LogP contribution is 2.09. The first-order chi connectivity index (χ1) is 16.3. The number of nitrogens with one attached hydrogen (secondary N) is 1. The molecule has 0 fully saturated rings. The topological polar surface area (TPSA) is 95.5 Å². The van der Waals surface area contributed by atoms with Crippen LogP contribution in [0.25, 0.3) is 0 Å². The molecule has 3 aromatic rings. The summed E-state index contributed by atoms with van der Waals surface area (Å²) >= 11 is 3.25. The number of carbonyl (C=O) groups is 1. The molecule has 0 bridgehead atoms. The number of amides is 1. The van der Waals surface area contributed by atoms with Crippen LogP contribution in [0.1, 0.15) is 31.9 Å². The first-order valence-electron chi connectivity index (χ1n) is 10.8. The lowest BCUT2D eigenvalue weighted by Crippen LogP contribution is -3.61. The average molecular weight is 674 g/mol. The van der Waals surface area contributed by atoms with Crippen molar-refractivity contribution in [3.05, 3.63) is 95.5 Å². The number of ether oxygens (including phenoxy) is 1. The number of hydrogen-bond donors (Lipinski definition) is 1. The Balaban J connectivity index is 0.000000328. The van der Waals surface area contributed by atoms with E-state index in [9.17, 15) is 17.8 Å². The Morgan fingerprint density at radius 2 is 1.60 bits per heavy atom. The molecule has 1 N–H and O–H groups in total. The van der Waals surface area contributed by atoms with Gasteiger partial charge in [0.15, 0.2) is 7.14 Å². The van der Waals surface area contributed by atoms with Gasteiger partial charge in [-0.25, -0.2) is 13.2 Å². The molecule has 0 aliphatic heterocycles. The standard InChI is InChI=1S/C19H21BrINO2.C7H8O3S/c1-19(2,3)24-18(23)22-13-12-14-6-4-5-7-17(14)21-16-10-8-15(20)9-11-16;1-6-2-4-7(5-3-6)11(8,9)10/h4-11H,12-13H2,1-3H3;2-5H,1H3,(H,8,9,10). The molecule has 3 aromatic carbocycles. The number of aryl methyl sites for hydroxylation is 1. The van der Waals surface area contributed by atoms with Gasteiger partial charge in [-0.05, 0) is 76.6 Å². The normalized spacial score (nSPS) is 11.3. The van der Waals surface area contributed by atoms with Gasteiger partial charge in [0, 0.05) is 16.6 Å². The lowest BCUT2D eigenvalue weighted by Gasteiger charge is -2.19. The summed E-state index contributed by atoms with van der Waals surface area (Å²) in [6.45, 7) is 8.00. The second kappa shape index (κ2) is 13.4. The fraction of sp³-hybridized carbons (Fsp3) is 0.269. The van der Waals surface area contributed by atoms with E-state index in [1.54, 1.807) is 12.1 Å². The molecule has 0 aliphatic rings. The average Bonchev–Trinajstić information content (AvgIpc) is 2.75. The van der Waals surface area contributed by atoms with Crippen LogP contribution in [-0.4, -0.2) is 31.2 Å². The molecule has 1 amide bonds. The van der Waals surface area contributed by atoms with Gasteiger partial charge in [-0.3, -0.25) is 0 Å².